The van der Waals surface area contributed by atoms with Gasteiger partial charge < -0.3 is 15.2 Å². The summed E-state index contributed by atoms with van der Waals surface area (Å²) < 4.78 is 41.8. The second kappa shape index (κ2) is 9.25. The molecule has 1 amide bonds. The van der Waals surface area contributed by atoms with Crippen molar-refractivity contribution in [3.63, 3.8) is 0 Å². The maximum Gasteiger partial charge on any atom is 0.224 e. The van der Waals surface area contributed by atoms with Gasteiger partial charge in [0.2, 0.25) is 5.91 Å². The van der Waals surface area contributed by atoms with Gasteiger partial charge in [0.15, 0.2) is 11.6 Å². The molecular formula is C16H19Cl2F3N4O. The summed E-state index contributed by atoms with van der Waals surface area (Å²) in [6.45, 7) is 1.61. The summed E-state index contributed by atoms with van der Waals surface area (Å²) in [5.74, 6) is -2.61. The van der Waals surface area contributed by atoms with E-state index in [2.05, 4.69) is 4.98 Å². The Labute approximate surface area is 161 Å². The van der Waals surface area contributed by atoms with E-state index in [1.54, 1.807) is 11.1 Å². The average molecular weight is 411 g/mol. The fourth-order valence-corrected chi connectivity index (χ4v) is 2.81. The van der Waals surface area contributed by atoms with E-state index in [0.717, 1.165) is 11.9 Å². The number of carbonyl (C=O) groups excluding carboxylic acids is 1. The van der Waals surface area contributed by atoms with Crippen LogP contribution in [0.2, 0.25) is 0 Å². The van der Waals surface area contributed by atoms with Crippen molar-refractivity contribution in [3.05, 3.63) is 53.4 Å². The molecule has 144 valence electrons. The molecule has 2 aromatic rings. The molecule has 1 atom stereocenters. The SMILES string of the molecule is Cl.Cl.N[C@@H](CC(=O)N1CCn2ccnc2C1)Cc1cc(F)c(F)cc1F. The fourth-order valence-electron chi connectivity index (χ4n) is 2.81. The highest BCUT2D eigenvalue weighted by Gasteiger charge is 2.23. The summed E-state index contributed by atoms with van der Waals surface area (Å²) in [4.78, 5) is 18.1. The fraction of sp³-hybridized carbons (Fsp3) is 0.375. The predicted molar refractivity (Wildman–Crippen MR) is 94.8 cm³/mol. The highest BCUT2D eigenvalue weighted by atomic mass is 35.5. The Kier molecular flexibility index (Phi) is 7.92. The Hall–Kier alpha value is -1.77. The van der Waals surface area contributed by atoms with Gasteiger partial charge in [-0.15, -0.1) is 24.8 Å². The van der Waals surface area contributed by atoms with Gasteiger partial charge in [0.1, 0.15) is 11.6 Å². The first kappa shape index (κ1) is 22.3. The molecule has 1 aromatic heterocycles. The van der Waals surface area contributed by atoms with Crippen molar-refractivity contribution in [2.45, 2.75) is 32.0 Å². The molecule has 1 aromatic carbocycles. The summed E-state index contributed by atoms with van der Waals surface area (Å²) in [7, 11) is 0. The molecule has 3 rings (SSSR count). The molecule has 5 nitrogen and oxygen atoms in total. The van der Waals surface area contributed by atoms with Gasteiger partial charge in [-0.05, 0) is 18.1 Å². The summed E-state index contributed by atoms with van der Waals surface area (Å²) in [6, 6.07) is 0.592. The third-order valence-corrected chi connectivity index (χ3v) is 4.11. The van der Waals surface area contributed by atoms with Gasteiger partial charge in [0.25, 0.3) is 0 Å². The van der Waals surface area contributed by atoms with Gasteiger partial charge in [0.05, 0.1) is 6.54 Å². The van der Waals surface area contributed by atoms with Crippen LogP contribution < -0.4 is 5.73 Å². The Balaban J connectivity index is 0.00000169. The molecule has 0 aliphatic carbocycles. The summed E-state index contributed by atoms with van der Waals surface area (Å²) in [5.41, 5.74) is 5.86. The lowest BCUT2D eigenvalue weighted by molar-refractivity contribution is -0.133. The molecule has 2 N–H and O–H groups in total. The van der Waals surface area contributed by atoms with Crippen LogP contribution in [0, 0.1) is 17.5 Å². The van der Waals surface area contributed by atoms with Crippen LogP contribution in [0.4, 0.5) is 13.2 Å². The van der Waals surface area contributed by atoms with E-state index in [9.17, 15) is 18.0 Å². The van der Waals surface area contributed by atoms with Gasteiger partial charge in [-0.3, -0.25) is 4.79 Å². The third-order valence-electron chi connectivity index (χ3n) is 4.11. The van der Waals surface area contributed by atoms with Crippen LogP contribution in [-0.4, -0.2) is 32.9 Å². The van der Waals surface area contributed by atoms with Crippen LogP contribution in [0.1, 0.15) is 17.8 Å². The van der Waals surface area contributed by atoms with E-state index >= 15 is 0 Å². The molecule has 0 saturated heterocycles. The van der Waals surface area contributed by atoms with Crippen LogP contribution in [0.15, 0.2) is 24.5 Å². The first-order valence-corrected chi connectivity index (χ1v) is 7.61. The minimum absolute atomic E-state index is 0. The lowest BCUT2D eigenvalue weighted by atomic mass is 10.0. The lowest BCUT2D eigenvalue weighted by Gasteiger charge is -2.28. The third kappa shape index (κ3) is 4.90. The van der Waals surface area contributed by atoms with Crippen LogP contribution in [0.3, 0.4) is 0 Å². The van der Waals surface area contributed by atoms with Gasteiger partial charge in [-0.2, -0.15) is 0 Å². The molecule has 0 fully saturated rings. The summed E-state index contributed by atoms with van der Waals surface area (Å²) >= 11 is 0. The topological polar surface area (TPSA) is 64.2 Å². The smallest absolute Gasteiger partial charge is 0.224 e. The van der Waals surface area contributed by atoms with Crippen molar-refractivity contribution in [2.75, 3.05) is 6.54 Å². The normalized spacial score (nSPS) is 14.1. The summed E-state index contributed by atoms with van der Waals surface area (Å²) in [6.07, 6.45) is 3.49. The van der Waals surface area contributed by atoms with Gasteiger partial charge >= 0.3 is 0 Å². The van der Waals surface area contributed by atoms with Crippen molar-refractivity contribution >= 4 is 30.7 Å². The molecule has 0 unspecified atom stereocenters. The second-order valence-corrected chi connectivity index (χ2v) is 5.88. The molecular weight excluding hydrogens is 392 g/mol. The number of benzene rings is 1. The highest BCUT2D eigenvalue weighted by Crippen LogP contribution is 2.17. The van der Waals surface area contributed by atoms with E-state index in [1.807, 2.05) is 10.8 Å². The number of carbonyl (C=O) groups is 1. The minimum Gasteiger partial charge on any atom is -0.333 e. The Morgan fingerprint density at radius 3 is 2.58 bits per heavy atom. The zero-order valence-electron chi connectivity index (χ0n) is 13.7. The number of nitrogens with two attached hydrogens (primary N) is 1. The van der Waals surface area contributed by atoms with Crippen LogP contribution in [0.25, 0.3) is 0 Å². The van der Waals surface area contributed by atoms with Crippen LogP contribution in [-0.2, 0) is 24.3 Å². The first-order chi connectivity index (χ1) is 11.4. The van der Waals surface area contributed by atoms with Gasteiger partial charge in [-0.1, -0.05) is 0 Å². The molecule has 0 radical (unpaired) electrons. The zero-order valence-corrected chi connectivity index (χ0v) is 15.3. The monoisotopic (exact) mass is 410 g/mol. The molecule has 1 aliphatic rings. The van der Waals surface area contributed by atoms with E-state index < -0.39 is 23.5 Å². The Bertz CT molecular complexity index is 772. The van der Waals surface area contributed by atoms with E-state index in [4.69, 9.17) is 5.73 Å². The van der Waals surface area contributed by atoms with Crippen molar-refractivity contribution in [1.82, 2.24) is 14.5 Å². The number of amides is 1. The number of fused-ring (bicyclic) bond motifs is 1. The number of nitrogens with zero attached hydrogens (tertiary/aromatic N) is 3. The minimum atomic E-state index is -1.25. The molecule has 26 heavy (non-hydrogen) atoms. The van der Waals surface area contributed by atoms with E-state index in [1.165, 1.54) is 0 Å². The van der Waals surface area contributed by atoms with Gasteiger partial charge in [-0.25, -0.2) is 18.2 Å². The van der Waals surface area contributed by atoms with E-state index in [-0.39, 0.29) is 49.1 Å². The Morgan fingerprint density at radius 2 is 1.85 bits per heavy atom. The highest BCUT2D eigenvalue weighted by molar-refractivity contribution is 5.85. The van der Waals surface area contributed by atoms with Gasteiger partial charge in [0, 0.05) is 44.0 Å². The predicted octanol–water partition coefficient (Wildman–Crippen LogP) is 2.45. The van der Waals surface area contributed by atoms with Crippen LogP contribution in [0.5, 0.6) is 0 Å². The molecule has 10 heteroatoms. The van der Waals surface area contributed by atoms with Crippen molar-refractivity contribution in [1.29, 1.82) is 0 Å². The molecule has 2 heterocycles. The summed E-state index contributed by atoms with van der Waals surface area (Å²) in [5, 5.41) is 0. The number of hydrogen-bond acceptors (Lipinski definition) is 3. The number of rotatable bonds is 4. The molecule has 0 saturated carbocycles. The van der Waals surface area contributed by atoms with Crippen LogP contribution >= 0.6 is 24.8 Å². The molecule has 0 spiro atoms. The molecule has 1 aliphatic heterocycles. The quantitative estimate of drug-likeness (QED) is 0.787. The van der Waals surface area contributed by atoms with Crippen molar-refractivity contribution in [2.24, 2.45) is 5.73 Å². The first-order valence-electron chi connectivity index (χ1n) is 7.61. The zero-order chi connectivity index (χ0) is 17.3. The molecule has 0 bridgehead atoms. The van der Waals surface area contributed by atoms with E-state index in [0.29, 0.717) is 25.7 Å². The number of hydrogen-bond donors (Lipinski definition) is 1. The maximum absolute atomic E-state index is 13.6. The average Bonchev–Trinajstić information content (AvgIpc) is 3.00. The Morgan fingerprint density at radius 1 is 1.15 bits per heavy atom. The number of halogens is 5. The maximum atomic E-state index is 13.6. The van der Waals surface area contributed by atoms with Crippen molar-refractivity contribution < 1.29 is 18.0 Å². The standard InChI is InChI=1S/C16H17F3N4O.2ClH/c17-12-8-14(19)13(18)6-10(12)5-11(20)7-16(24)23-4-3-22-2-1-21-15(22)9-23;;/h1-2,6,8,11H,3-5,7,9,20H2;2*1H/t11-;;/m1../s1. The number of aromatic nitrogens is 2. The lowest BCUT2D eigenvalue weighted by Crippen LogP contribution is -2.41. The largest absolute Gasteiger partial charge is 0.333 e. The second-order valence-electron chi connectivity index (χ2n) is 5.88. The van der Waals surface area contributed by atoms with Crippen molar-refractivity contribution in [3.8, 4) is 0 Å². The number of imidazole rings is 1.